The summed E-state index contributed by atoms with van der Waals surface area (Å²) in [6.45, 7) is 3.03. The Morgan fingerprint density at radius 1 is 1.47 bits per heavy atom. The van der Waals surface area contributed by atoms with Crippen LogP contribution in [0, 0.1) is 11.7 Å². The van der Waals surface area contributed by atoms with Crippen LogP contribution in [-0.2, 0) is 14.8 Å². The zero-order valence-corrected chi connectivity index (χ0v) is 10.3. The largest absolute Gasteiger partial charge is 0.298 e. The molecule has 0 saturated heterocycles. The van der Waals surface area contributed by atoms with Gasteiger partial charge in [-0.3, -0.25) is 9.78 Å². The number of carbonyl (C=O) groups is 1. The van der Waals surface area contributed by atoms with Gasteiger partial charge in [-0.25, -0.2) is 17.5 Å². The maximum Gasteiger partial charge on any atom is 0.242 e. The lowest BCUT2D eigenvalue weighted by molar-refractivity contribution is -0.120. The Kier molecular flexibility index (Phi) is 4.30. The summed E-state index contributed by atoms with van der Waals surface area (Å²) in [6.07, 6.45) is 1.92. The lowest BCUT2D eigenvalue weighted by atomic mass is 10.1. The van der Waals surface area contributed by atoms with Crippen molar-refractivity contribution in [2.45, 2.75) is 18.7 Å². The molecule has 1 heterocycles. The summed E-state index contributed by atoms with van der Waals surface area (Å²) in [5.74, 6) is -1.25. The number of carbonyl (C=O) groups excluding carboxylic acids is 1. The number of ketones is 1. The monoisotopic (exact) mass is 260 g/mol. The van der Waals surface area contributed by atoms with Gasteiger partial charge in [-0.1, -0.05) is 13.8 Å². The molecule has 1 aromatic rings. The molecular formula is C10H13FN2O3S. The molecule has 0 spiro atoms. The molecule has 0 radical (unpaired) electrons. The van der Waals surface area contributed by atoms with Crippen molar-refractivity contribution in [3.63, 3.8) is 0 Å². The fourth-order valence-corrected chi connectivity index (χ4v) is 1.96. The molecule has 17 heavy (non-hydrogen) atoms. The van der Waals surface area contributed by atoms with Crippen LogP contribution in [0.15, 0.2) is 23.4 Å². The molecule has 0 amide bonds. The van der Waals surface area contributed by atoms with Crippen molar-refractivity contribution >= 4 is 15.8 Å². The summed E-state index contributed by atoms with van der Waals surface area (Å²) in [7, 11) is -3.88. The lowest BCUT2D eigenvalue weighted by Crippen LogP contribution is -2.31. The average Bonchev–Trinajstić information content (AvgIpc) is 2.26. The number of hydrogen-bond acceptors (Lipinski definition) is 4. The first-order chi connectivity index (χ1) is 7.83. The smallest absolute Gasteiger partial charge is 0.242 e. The molecule has 1 rings (SSSR count). The highest BCUT2D eigenvalue weighted by Crippen LogP contribution is 2.08. The molecule has 0 saturated carbocycles. The molecule has 5 nitrogen and oxygen atoms in total. The van der Waals surface area contributed by atoms with Gasteiger partial charge in [0, 0.05) is 12.1 Å². The maximum absolute atomic E-state index is 12.8. The molecular weight excluding hydrogens is 247 g/mol. The van der Waals surface area contributed by atoms with Crippen LogP contribution in [0.5, 0.6) is 0 Å². The number of aromatic nitrogens is 1. The average molecular weight is 260 g/mol. The van der Waals surface area contributed by atoms with Crippen molar-refractivity contribution in [3.8, 4) is 0 Å². The van der Waals surface area contributed by atoms with Gasteiger partial charge in [-0.15, -0.1) is 0 Å². The van der Waals surface area contributed by atoms with Gasteiger partial charge in [0.25, 0.3) is 0 Å². The Hall–Kier alpha value is -1.34. The van der Waals surface area contributed by atoms with Crippen LogP contribution in [0.1, 0.15) is 13.8 Å². The molecule has 0 aromatic carbocycles. The van der Waals surface area contributed by atoms with Gasteiger partial charge >= 0.3 is 0 Å². The topological polar surface area (TPSA) is 76.1 Å². The van der Waals surface area contributed by atoms with E-state index in [9.17, 15) is 17.6 Å². The minimum atomic E-state index is -3.88. The maximum atomic E-state index is 12.8. The number of nitrogens with one attached hydrogen (secondary N) is 1. The summed E-state index contributed by atoms with van der Waals surface area (Å²) < 4.78 is 38.2. The molecule has 94 valence electrons. The highest BCUT2D eigenvalue weighted by molar-refractivity contribution is 7.89. The number of sulfonamides is 1. The van der Waals surface area contributed by atoms with Crippen LogP contribution in [0.25, 0.3) is 0 Å². The quantitative estimate of drug-likeness (QED) is 0.846. The SMILES string of the molecule is CC(C)C(=O)CNS(=O)(=O)c1cncc(F)c1. The van der Waals surface area contributed by atoms with Gasteiger partial charge in [0.05, 0.1) is 12.7 Å². The third-order valence-electron chi connectivity index (χ3n) is 2.07. The number of nitrogens with zero attached hydrogens (tertiary/aromatic N) is 1. The minimum Gasteiger partial charge on any atom is -0.298 e. The normalized spacial score (nSPS) is 11.8. The second-order valence-electron chi connectivity index (χ2n) is 3.78. The van der Waals surface area contributed by atoms with E-state index in [2.05, 4.69) is 9.71 Å². The van der Waals surface area contributed by atoms with Crippen molar-refractivity contribution in [2.24, 2.45) is 5.92 Å². The molecule has 0 unspecified atom stereocenters. The summed E-state index contributed by atoms with van der Waals surface area (Å²) >= 11 is 0. The summed E-state index contributed by atoms with van der Waals surface area (Å²) in [5, 5.41) is 0. The van der Waals surface area contributed by atoms with Crippen molar-refractivity contribution in [3.05, 3.63) is 24.3 Å². The van der Waals surface area contributed by atoms with E-state index < -0.39 is 15.8 Å². The van der Waals surface area contributed by atoms with Crippen LogP contribution in [0.2, 0.25) is 0 Å². The summed E-state index contributed by atoms with van der Waals surface area (Å²) in [6, 6.07) is 0.842. The number of hydrogen-bond donors (Lipinski definition) is 1. The first kappa shape index (κ1) is 13.7. The van der Waals surface area contributed by atoms with E-state index in [0.717, 1.165) is 18.5 Å². The van der Waals surface area contributed by atoms with Gasteiger partial charge in [0.2, 0.25) is 10.0 Å². The Morgan fingerprint density at radius 3 is 2.65 bits per heavy atom. The molecule has 1 N–H and O–H groups in total. The zero-order valence-electron chi connectivity index (χ0n) is 9.47. The number of pyridine rings is 1. The second-order valence-corrected chi connectivity index (χ2v) is 5.55. The van der Waals surface area contributed by atoms with Crippen molar-refractivity contribution in [1.82, 2.24) is 9.71 Å². The van der Waals surface area contributed by atoms with Crippen LogP contribution in [0.4, 0.5) is 4.39 Å². The summed E-state index contributed by atoms with van der Waals surface area (Å²) in [5.41, 5.74) is 0. The van der Waals surface area contributed by atoms with Crippen molar-refractivity contribution in [1.29, 1.82) is 0 Å². The van der Waals surface area contributed by atoms with Crippen LogP contribution < -0.4 is 4.72 Å². The predicted molar refractivity (Wildman–Crippen MR) is 59.2 cm³/mol. The van der Waals surface area contributed by atoms with Gasteiger partial charge in [0.15, 0.2) is 0 Å². The third kappa shape index (κ3) is 3.86. The standard InChI is InChI=1S/C10H13FN2O3S/c1-7(2)10(14)6-13-17(15,16)9-3-8(11)4-12-5-9/h3-5,7,13H,6H2,1-2H3. The molecule has 0 bridgehead atoms. The Morgan fingerprint density at radius 2 is 2.12 bits per heavy atom. The van der Waals surface area contributed by atoms with Crippen LogP contribution in [0.3, 0.4) is 0 Å². The summed E-state index contributed by atoms with van der Waals surface area (Å²) in [4.78, 5) is 14.4. The van der Waals surface area contributed by atoms with E-state index in [-0.39, 0.29) is 23.1 Å². The molecule has 0 atom stereocenters. The second kappa shape index (κ2) is 5.33. The molecule has 0 fully saturated rings. The highest BCUT2D eigenvalue weighted by atomic mass is 32.2. The first-order valence-electron chi connectivity index (χ1n) is 4.96. The number of rotatable bonds is 5. The fourth-order valence-electron chi connectivity index (χ4n) is 0.993. The van der Waals surface area contributed by atoms with Crippen molar-refractivity contribution in [2.75, 3.05) is 6.54 Å². The Balaban J connectivity index is 2.80. The van der Waals surface area contributed by atoms with Gasteiger partial charge in [-0.05, 0) is 6.07 Å². The predicted octanol–water partition coefficient (Wildman–Crippen LogP) is 0.724. The zero-order chi connectivity index (χ0) is 13.1. The van der Waals surface area contributed by atoms with Crippen LogP contribution >= 0.6 is 0 Å². The van der Waals surface area contributed by atoms with E-state index in [1.807, 2.05) is 0 Å². The molecule has 7 heteroatoms. The van der Waals surface area contributed by atoms with E-state index >= 15 is 0 Å². The Labute approximate surface area is 99.1 Å². The van der Waals surface area contributed by atoms with E-state index in [1.165, 1.54) is 0 Å². The van der Waals surface area contributed by atoms with Gasteiger partial charge in [0.1, 0.15) is 16.5 Å². The third-order valence-corrected chi connectivity index (χ3v) is 3.44. The minimum absolute atomic E-state index is 0.238. The Bertz CT molecular complexity index is 514. The number of halogens is 1. The number of Topliss-reactive ketones (excluding diaryl/α,β-unsaturated/α-hetero) is 1. The molecule has 1 aromatic heterocycles. The lowest BCUT2D eigenvalue weighted by Gasteiger charge is -2.07. The first-order valence-corrected chi connectivity index (χ1v) is 6.44. The van der Waals surface area contributed by atoms with Gasteiger partial charge < -0.3 is 0 Å². The van der Waals surface area contributed by atoms with Crippen molar-refractivity contribution < 1.29 is 17.6 Å². The van der Waals surface area contributed by atoms with Crippen LogP contribution in [-0.4, -0.2) is 25.7 Å². The van der Waals surface area contributed by atoms with Gasteiger partial charge in [-0.2, -0.15) is 0 Å². The molecule has 0 aliphatic rings. The van der Waals surface area contributed by atoms with E-state index in [4.69, 9.17) is 0 Å². The fraction of sp³-hybridized carbons (Fsp3) is 0.400. The highest BCUT2D eigenvalue weighted by Gasteiger charge is 2.17. The molecule has 0 aliphatic carbocycles. The van der Waals surface area contributed by atoms with E-state index in [1.54, 1.807) is 13.8 Å². The van der Waals surface area contributed by atoms with E-state index in [0.29, 0.717) is 0 Å². The molecule has 0 aliphatic heterocycles.